The number of nitrogens with zero attached hydrogens (tertiary/aromatic N) is 3. The molecule has 3 aliphatic heterocycles. The Bertz CT molecular complexity index is 396. The largest absolute Gasteiger partial charge is 0.302 e. The first-order valence-electron chi connectivity index (χ1n) is 9.77. The Labute approximate surface area is 144 Å². The number of piperidine rings is 1. The van der Waals surface area contributed by atoms with E-state index >= 15 is 0 Å². The fraction of sp³-hybridized carbons (Fsp3) is 1.00. The molecule has 23 heavy (non-hydrogen) atoms. The third-order valence-corrected chi connectivity index (χ3v) is 6.66. The van der Waals surface area contributed by atoms with E-state index in [2.05, 4.69) is 56.2 Å². The van der Waals surface area contributed by atoms with Crippen LogP contribution in [-0.2, 0) is 0 Å². The normalized spacial score (nSPS) is 27.9. The fourth-order valence-corrected chi connectivity index (χ4v) is 4.80. The predicted molar refractivity (Wildman–Crippen MR) is 98.8 cm³/mol. The first-order chi connectivity index (χ1) is 10.6. The van der Waals surface area contributed by atoms with E-state index in [0.717, 1.165) is 5.92 Å². The van der Waals surface area contributed by atoms with Gasteiger partial charge in [0.05, 0.1) is 0 Å². The molecule has 0 N–H and O–H groups in total. The first kappa shape index (κ1) is 17.7. The van der Waals surface area contributed by atoms with Crippen LogP contribution in [0.25, 0.3) is 0 Å². The summed E-state index contributed by atoms with van der Waals surface area (Å²) in [7, 11) is 0. The van der Waals surface area contributed by atoms with Crippen molar-refractivity contribution < 1.29 is 0 Å². The van der Waals surface area contributed by atoms with Crippen molar-refractivity contribution in [3.8, 4) is 0 Å². The second-order valence-corrected chi connectivity index (χ2v) is 10.7. The Balaban J connectivity index is 1.31. The molecular formula is C20H39N3. The van der Waals surface area contributed by atoms with Crippen molar-refractivity contribution in [3.63, 3.8) is 0 Å². The van der Waals surface area contributed by atoms with Gasteiger partial charge in [0.15, 0.2) is 0 Å². The van der Waals surface area contributed by atoms with Crippen molar-refractivity contribution in [1.82, 2.24) is 14.7 Å². The highest BCUT2D eigenvalue weighted by Crippen LogP contribution is 2.42. The highest BCUT2D eigenvalue weighted by molar-refractivity contribution is 5.08. The smallest absolute Gasteiger partial charge is 0.0212 e. The van der Waals surface area contributed by atoms with Gasteiger partial charge >= 0.3 is 0 Å². The zero-order valence-electron chi connectivity index (χ0n) is 16.5. The summed E-state index contributed by atoms with van der Waals surface area (Å²) in [6, 6.07) is 0. The van der Waals surface area contributed by atoms with E-state index in [1.54, 1.807) is 0 Å². The van der Waals surface area contributed by atoms with Gasteiger partial charge in [0, 0.05) is 50.2 Å². The van der Waals surface area contributed by atoms with Crippen LogP contribution in [0.1, 0.15) is 54.4 Å². The summed E-state index contributed by atoms with van der Waals surface area (Å²) < 4.78 is 0. The zero-order chi connectivity index (χ0) is 16.9. The van der Waals surface area contributed by atoms with Gasteiger partial charge in [-0.3, -0.25) is 4.90 Å². The molecule has 0 amide bonds. The van der Waals surface area contributed by atoms with E-state index < -0.39 is 0 Å². The lowest BCUT2D eigenvalue weighted by Gasteiger charge is -2.63. The third kappa shape index (κ3) is 3.93. The van der Waals surface area contributed by atoms with Gasteiger partial charge in [0.2, 0.25) is 0 Å². The summed E-state index contributed by atoms with van der Waals surface area (Å²) in [5, 5.41) is 0. The summed E-state index contributed by atoms with van der Waals surface area (Å²) in [5.74, 6) is 0.921. The molecule has 3 aliphatic rings. The summed E-state index contributed by atoms with van der Waals surface area (Å²) in [5.41, 5.74) is 1.52. The topological polar surface area (TPSA) is 9.72 Å². The van der Waals surface area contributed by atoms with Crippen LogP contribution in [0.4, 0.5) is 0 Å². The molecular weight excluding hydrogens is 282 g/mol. The van der Waals surface area contributed by atoms with Crippen molar-refractivity contribution in [2.24, 2.45) is 16.7 Å². The average Bonchev–Trinajstić information content (AvgIpc) is 2.32. The molecule has 3 nitrogen and oxygen atoms in total. The molecule has 0 bridgehead atoms. The quantitative estimate of drug-likeness (QED) is 0.790. The molecule has 0 radical (unpaired) electrons. The minimum absolute atomic E-state index is 0.364. The fourth-order valence-electron chi connectivity index (χ4n) is 4.80. The molecule has 0 aromatic carbocycles. The SMILES string of the molecule is CC(C)(C)C1CCN(CCN2CC3(C2)CN(C(C)(C)C)C3)CC1. The van der Waals surface area contributed by atoms with Gasteiger partial charge in [0.25, 0.3) is 0 Å². The number of hydrogen-bond acceptors (Lipinski definition) is 3. The second-order valence-electron chi connectivity index (χ2n) is 10.7. The summed E-state index contributed by atoms with van der Waals surface area (Å²) in [6.45, 7) is 24.8. The van der Waals surface area contributed by atoms with Crippen molar-refractivity contribution in [2.75, 3.05) is 52.4 Å². The standard InChI is InChI=1S/C20H39N3/c1-18(2,3)17-7-9-21(10-8-17)11-12-22-13-20(14-22)15-23(16-20)19(4,5)6/h17H,7-16H2,1-6H3. The molecule has 0 unspecified atom stereocenters. The number of likely N-dealkylation sites (tertiary alicyclic amines) is 3. The minimum atomic E-state index is 0.364. The lowest BCUT2D eigenvalue weighted by Crippen LogP contribution is -2.75. The Morgan fingerprint density at radius 1 is 0.783 bits per heavy atom. The van der Waals surface area contributed by atoms with E-state index in [9.17, 15) is 0 Å². The molecule has 0 aliphatic carbocycles. The second kappa shape index (κ2) is 6.00. The average molecular weight is 322 g/mol. The maximum absolute atomic E-state index is 2.70. The molecule has 3 saturated heterocycles. The van der Waals surface area contributed by atoms with Gasteiger partial charge in [-0.05, 0) is 58.0 Å². The van der Waals surface area contributed by atoms with Crippen LogP contribution in [0, 0.1) is 16.7 Å². The minimum Gasteiger partial charge on any atom is -0.302 e. The Hall–Kier alpha value is -0.120. The lowest BCUT2D eigenvalue weighted by atomic mass is 9.71. The van der Waals surface area contributed by atoms with Crippen LogP contribution in [0.2, 0.25) is 0 Å². The maximum Gasteiger partial charge on any atom is 0.0212 e. The van der Waals surface area contributed by atoms with Gasteiger partial charge in [-0.15, -0.1) is 0 Å². The monoisotopic (exact) mass is 321 g/mol. The first-order valence-corrected chi connectivity index (χ1v) is 9.77. The van der Waals surface area contributed by atoms with Crippen molar-refractivity contribution in [2.45, 2.75) is 59.9 Å². The predicted octanol–water partition coefficient (Wildman–Crippen LogP) is 3.16. The molecule has 0 saturated carbocycles. The molecule has 134 valence electrons. The molecule has 0 aromatic heterocycles. The molecule has 3 heterocycles. The van der Waals surface area contributed by atoms with E-state index in [-0.39, 0.29) is 0 Å². The van der Waals surface area contributed by atoms with Gasteiger partial charge in [-0.1, -0.05) is 20.8 Å². The van der Waals surface area contributed by atoms with Crippen molar-refractivity contribution in [1.29, 1.82) is 0 Å². The van der Waals surface area contributed by atoms with E-state index in [0.29, 0.717) is 16.4 Å². The van der Waals surface area contributed by atoms with Gasteiger partial charge in [-0.25, -0.2) is 0 Å². The summed E-state index contributed by atoms with van der Waals surface area (Å²) in [4.78, 5) is 8.03. The lowest BCUT2D eigenvalue weighted by molar-refractivity contribution is -0.145. The Morgan fingerprint density at radius 2 is 1.30 bits per heavy atom. The molecule has 3 heteroatoms. The molecule has 3 fully saturated rings. The van der Waals surface area contributed by atoms with Crippen molar-refractivity contribution in [3.05, 3.63) is 0 Å². The number of rotatable bonds is 3. The molecule has 3 rings (SSSR count). The van der Waals surface area contributed by atoms with Gasteiger partial charge in [0.1, 0.15) is 0 Å². The third-order valence-electron chi connectivity index (χ3n) is 6.66. The molecule has 0 atom stereocenters. The van der Waals surface area contributed by atoms with Crippen LogP contribution in [0.5, 0.6) is 0 Å². The summed E-state index contributed by atoms with van der Waals surface area (Å²) in [6.07, 6.45) is 2.79. The highest BCUT2D eigenvalue weighted by Gasteiger charge is 2.53. The number of hydrogen-bond donors (Lipinski definition) is 0. The highest BCUT2D eigenvalue weighted by atomic mass is 15.3. The Morgan fingerprint density at radius 3 is 1.78 bits per heavy atom. The van der Waals surface area contributed by atoms with Gasteiger partial charge in [-0.2, -0.15) is 0 Å². The van der Waals surface area contributed by atoms with Crippen molar-refractivity contribution >= 4 is 0 Å². The maximum atomic E-state index is 2.70. The molecule has 0 aromatic rings. The molecule has 1 spiro atoms. The van der Waals surface area contributed by atoms with E-state index in [1.807, 2.05) is 0 Å². The van der Waals surface area contributed by atoms with E-state index in [4.69, 9.17) is 0 Å². The van der Waals surface area contributed by atoms with Gasteiger partial charge < -0.3 is 9.80 Å². The summed E-state index contributed by atoms with van der Waals surface area (Å²) >= 11 is 0. The van der Waals surface area contributed by atoms with E-state index in [1.165, 1.54) is 65.2 Å². The Kier molecular flexibility index (Phi) is 4.61. The van der Waals surface area contributed by atoms with Crippen LogP contribution >= 0.6 is 0 Å². The van der Waals surface area contributed by atoms with Crippen LogP contribution in [0.15, 0.2) is 0 Å². The van der Waals surface area contributed by atoms with Crippen LogP contribution in [-0.4, -0.2) is 72.6 Å². The van der Waals surface area contributed by atoms with Crippen LogP contribution in [0.3, 0.4) is 0 Å². The zero-order valence-corrected chi connectivity index (χ0v) is 16.5. The van der Waals surface area contributed by atoms with Crippen LogP contribution < -0.4 is 0 Å².